The normalized spacial score (nSPS) is 21.4. The van der Waals surface area contributed by atoms with Crippen LogP contribution < -0.4 is 0 Å². The van der Waals surface area contributed by atoms with Gasteiger partial charge in [-0.05, 0) is 0 Å². The van der Waals surface area contributed by atoms with Crippen molar-refractivity contribution in [3.8, 4) is 0 Å². The molecule has 50 valence electrons. The molecule has 0 unspecified atom stereocenters. The van der Waals surface area contributed by atoms with Crippen LogP contribution in [-0.4, -0.2) is 12.4 Å². The van der Waals surface area contributed by atoms with Crippen molar-refractivity contribution in [1.29, 1.82) is 0 Å². The molecule has 0 atom stereocenters. The van der Waals surface area contributed by atoms with E-state index in [1.807, 2.05) is 0 Å². The average molecular weight is 136 g/mol. The third-order valence-electron chi connectivity index (χ3n) is 1.26. The highest BCUT2D eigenvalue weighted by Gasteiger charge is 2.18. The zero-order valence-corrected chi connectivity index (χ0v) is 5.07. The molecule has 0 aliphatic carbocycles. The molecule has 0 aromatic rings. The van der Waals surface area contributed by atoms with Gasteiger partial charge in [0.15, 0.2) is 18.1 Å². The predicted molar refractivity (Wildman–Crippen MR) is 32.0 cm³/mol. The minimum Gasteiger partial charge on any atom is -0.481 e. The fraction of sp³-hybridized carbons (Fsp3) is 0.167. The van der Waals surface area contributed by atoms with Crippen molar-refractivity contribution < 1.29 is 9.53 Å². The van der Waals surface area contributed by atoms with Gasteiger partial charge in [0.1, 0.15) is 5.70 Å². The summed E-state index contributed by atoms with van der Waals surface area (Å²) in [4.78, 5) is 10.7. The molecule has 2 aliphatic heterocycles. The maximum Gasteiger partial charge on any atom is 0.195 e. The van der Waals surface area contributed by atoms with E-state index in [-0.39, 0.29) is 12.4 Å². The predicted octanol–water partition coefficient (Wildman–Crippen LogP) is 0.777. The number of ether oxygens (including phenoxy) is 1. The van der Waals surface area contributed by atoms with E-state index in [0.29, 0.717) is 11.5 Å². The van der Waals surface area contributed by atoms with Gasteiger partial charge < -0.3 is 4.74 Å². The lowest BCUT2D eigenvalue weighted by molar-refractivity contribution is -0.118. The van der Waals surface area contributed by atoms with Crippen LogP contribution in [0.4, 0.5) is 0 Å². The van der Waals surface area contributed by atoms with Gasteiger partial charge in [-0.15, -0.1) is 5.11 Å². The smallest absolute Gasteiger partial charge is 0.195 e. The first-order valence-corrected chi connectivity index (χ1v) is 2.85. The van der Waals surface area contributed by atoms with Crippen LogP contribution in [0.25, 0.3) is 0 Å². The van der Waals surface area contributed by atoms with E-state index in [1.165, 1.54) is 12.3 Å². The average Bonchev–Trinajstić information content (AvgIpc) is 2.33. The Bertz CT molecular complexity index is 275. The van der Waals surface area contributed by atoms with Crippen molar-refractivity contribution in [3.63, 3.8) is 0 Å². The Labute approximate surface area is 56.9 Å². The molecule has 10 heavy (non-hydrogen) atoms. The second-order valence-corrected chi connectivity index (χ2v) is 1.99. The molecule has 0 radical (unpaired) electrons. The minimum absolute atomic E-state index is 0.0620. The third-order valence-corrected chi connectivity index (χ3v) is 1.26. The number of rotatable bonds is 0. The first kappa shape index (κ1) is 5.34. The Kier molecular flexibility index (Phi) is 0.943. The topological polar surface area (TPSA) is 51.0 Å². The summed E-state index contributed by atoms with van der Waals surface area (Å²) in [5.41, 5.74) is 0.538. The Hall–Kier alpha value is -1.45. The summed E-state index contributed by atoms with van der Waals surface area (Å²) in [6.07, 6.45) is 2.93. The number of nitrogens with zero attached hydrogens (tertiary/aromatic N) is 2. The number of fused-ring (bicyclic) bond motifs is 1. The van der Waals surface area contributed by atoms with Crippen molar-refractivity contribution in [2.24, 2.45) is 10.2 Å². The lowest BCUT2D eigenvalue weighted by Crippen LogP contribution is -2.11. The lowest BCUT2D eigenvalue weighted by atomic mass is 10.2. The van der Waals surface area contributed by atoms with Gasteiger partial charge in [0.2, 0.25) is 0 Å². The molecule has 4 nitrogen and oxygen atoms in total. The summed E-state index contributed by atoms with van der Waals surface area (Å²) in [5.74, 6) is 0.535. The first-order valence-electron chi connectivity index (χ1n) is 2.85. The highest BCUT2D eigenvalue weighted by molar-refractivity contribution is 5.93. The largest absolute Gasteiger partial charge is 0.481 e. The molecular weight excluding hydrogens is 132 g/mol. The molecule has 2 heterocycles. The molecular formula is C6H4N2O2. The van der Waals surface area contributed by atoms with Crippen LogP contribution in [0, 0.1) is 0 Å². The second-order valence-electron chi connectivity index (χ2n) is 1.99. The molecule has 2 aliphatic rings. The van der Waals surface area contributed by atoms with Crippen molar-refractivity contribution in [1.82, 2.24) is 0 Å². The van der Waals surface area contributed by atoms with Crippen LogP contribution in [0.1, 0.15) is 0 Å². The Morgan fingerprint density at radius 3 is 3.40 bits per heavy atom. The van der Waals surface area contributed by atoms with Crippen LogP contribution in [0.15, 0.2) is 34.0 Å². The molecule has 4 heteroatoms. The van der Waals surface area contributed by atoms with Gasteiger partial charge in [0.25, 0.3) is 0 Å². The molecule has 0 spiro atoms. The molecule has 0 amide bonds. The SMILES string of the molecule is O=C1C=C2N=NC=C2OC1. The van der Waals surface area contributed by atoms with E-state index in [1.54, 1.807) is 0 Å². The highest BCUT2D eigenvalue weighted by Crippen LogP contribution is 2.22. The zero-order valence-electron chi connectivity index (χ0n) is 5.07. The fourth-order valence-electron chi connectivity index (χ4n) is 0.813. The Morgan fingerprint density at radius 2 is 2.50 bits per heavy atom. The van der Waals surface area contributed by atoms with Crippen LogP contribution in [0.3, 0.4) is 0 Å². The third kappa shape index (κ3) is 0.655. The summed E-state index contributed by atoms with van der Waals surface area (Å²) in [6.45, 7) is 0.111. The van der Waals surface area contributed by atoms with E-state index < -0.39 is 0 Å². The molecule has 0 aromatic carbocycles. The van der Waals surface area contributed by atoms with Crippen molar-refractivity contribution in [2.75, 3.05) is 6.61 Å². The van der Waals surface area contributed by atoms with Gasteiger partial charge in [-0.3, -0.25) is 4.79 Å². The van der Waals surface area contributed by atoms with Gasteiger partial charge in [0.05, 0.1) is 6.20 Å². The van der Waals surface area contributed by atoms with Crippen LogP contribution in [-0.2, 0) is 9.53 Å². The monoisotopic (exact) mass is 136 g/mol. The number of carbonyl (C=O) groups excluding carboxylic acids is 1. The van der Waals surface area contributed by atoms with Gasteiger partial charge in [-0.2, -0.15) is 5.11 Å². The first-order chi connectivity index (χ1) is 4.86. The van der Waals surface area contributed by atoms with Crippen LogP contribution in [0.5, 0.6) is 0 Å². The summed E-state index contributed by atoms with van der Waals surface area (Å²) in [6, 6.07) is 0. The fourth-order valence-corrected chi connectivity index (χ4v) is 0.813. The van der Waals surface area contributed by atoms with Crippen LogP contribution in [0.2, 0.25) is 0 Å². The van der Waals surface area contributed by atoms with Gasteiger partial charge in [-0.1, -0.05) is 0 Å². The summed E-state index contributed by atoms with van der Waals surface area (Å²) in [5, 5.41) is 7.24. The number of azo groups is 1. The molecule has 0 saturated carbocycles. The van der Waals surface area contributed by atoms with E-state index in [0.717, 1.165) is 0 Å². The van der Waals surface area contributed by atoms with E-state index in [9.17, 15) is 4.79 Å². The molecule has 0 fully saturated rings. The zero-order chi connectivity index (χ0) is 6.97. The van der Waals surface area contributed by atoms with Gasteiger partial charge in [-0.25, -0.2) is 0 Å². The number of carbonyl (C=O) groups is 1. The van der Waals surface area contributed by atoms with Crippen molar-refractivity contribution >= 4 is 5.78 Å². The molecule has 0 aromatic heterocycles. The van der Waals surface area contributed by atoms with E-state index in [4.69, 9.17) is 4.74 Å². The van der Waals surface area contributed by atoms with Crippen molar-refractivity contribution in [2.45, 2.75) is 0 Å². The molecule has 0 bridgehead atoms. The maximum atomic E-state index is 10.7. The summed E-state index contributed by atoms with van der Waals surface area (Å²) >= 11 is 0. The van der Waals surface area contributed by atoms with Gasteiger partial charge in [0, 0.05) is 6.08 Å². The van der Waals surface area contributed by atoms with Gasteiger partial charge >= 0.3 is 0 Å². The Balaban J connectivity index is 2.43. The quantitative estimate of drug-likeness (QED) is 0.494. The molecule has 2 rings (SSSR count). The maximum absolute atomic E-state index is 10.7. The lowest BCUT2D eigenvalue weighted by Gasteiger charge is -2.08. The number of hydrogen-bond acceptors (Lipinski definition) is 4. The summed E-state index contributed by atoms with van der Waals surface area (Å²) < 4.78 is 4.97. The Morgan fingerprint density at radius 1 is 1.60 bits per heavy atom. The molecule has 0 saturated heterocycles. The van der Waals surface area contributed by atoms with E-state index >= 15 is 0 Å². The summed E-state index contributed by atoms with van der Waals surface area (Å²) in [7, 11) is 0. The molecule has 0 N–H and O–H groups in total. The minimum atomic E-state index is -0.0620. The highest BCUT2D eigenvalue weighted by atomic mass is 16.5. The van der Waals surface area contributed by atoms with E-state index in [2.05, 4.69) is 10.2 Å². The van der Waals surface area contributed by atoms with Crippen LogP contribution >= 0.6 is 0 Å². The van der Waals surface area contributed by atoms with Crippen molar-refractivity contribution in [3.05, 3.63) is 23.7 Å². The number of hydrogen-bond donors (Lipinski definition) is 0. The standard InChI is InChI=1S/C6H4N2O2/c9-4-1-5-6(10-3-4)2-7-8-5/h1-2H,3H2. The number of ketones is 1. The second kappa shape index (κ2) is 1.76.